The number of fused-ring (bicyclic) bond motifs is 1. The van der Waals surface area contributed by atoms with Crippen molar-refractivity contribution in [3.63, 3.8) is 0 Å². The number of pyridine rings is 1. The fraction of sp³-hybridized carbons (Fsp3) is 0.478. The van der Waals surface area contributed by atoms with Crippen molar-refractivity contribution in [2.45, 2.75) is 51.3 Å². The minimum atomic E-state index is -3.39. The van der Waals surface area contributed by atoms with Gasteiger partial charge in [-0.3, -0.25) is 15.1 Å². The molecule has 0 aliphatic carbocycles. The van der Waals surface area contributed by atoms with Gasteiger partial charge in [-0.15, -0.1) is 5.10 Å². The highest BCUT2D eigenvalue weighted by molar-refractivity contribution is 5.88. The summed E-state index contributed by atoms with van der Waals surface area (Å²) in [4.78, 5) is 21.2. The van der Waals surface area contributed by atoms with Crippen LogP contribution in [0.5, 0.6) is 0 Å². The minimum absolute atomic E-state index is 0.000629. The molecule has 3 aromatic rings. The van der Waals surface area contributed by atoms with E-state index in [0.717, 1.165) is 4.90 Å². The lowest BCUT2D eigenvalue weighted by atomic mass is 10.0. The number of amides is 1. The van der Waals surface area contributed by atoms with Crippen LogP contribution in [-0.4, -0.2) is 94.6 Å². The lowest BCUT2D eigenvalue weighted by Crippen LogP contribution is -2.56. The number of halogens is 2. The first-order valence-electron chi connectivity index (χ1n) is 12.0. The SMILES string of the molecule is Cc1nc(-c2ccn3nc(NC4CCN(C(=O)CO)CC4(F)F)nc(NC(O)(O)O)c23)ccc1N=NC(C)C. The summed E-state index contributed by atoms with van der Waals surface area (Å²) >= 11 is 0. The van der Waals surface area contributed by atoms with Gasteiger partial charge in [-0.1, -0.05) is 0 Å². The van der Waals surface area contributed by atoms with Crippen molar-refractivity contribution in [3.8, 4) is 11.3 Å². The summed E-state index contributed by atoms with van der Waals surface area (Å²) in [5.74, 6) is -4.79. The van der Waals surface area contributed by atoms with Gasteiger partial charge in [0.15, 0.2) is 5.82 Å². The van der Waals surface area contributed by atoms with Gasteiger partial charge >= 0.3 is 6.10 Å². The average Bonchev–Trinajstić information content (AvgIpc) is 3.27. The van der Waals surface area contributed by atoms with Crippen LogP contribution in [0.2, 0.25) is 0 Å². The van der Waals surface area contributed by atoms with Crippen LogP contribution in [0.15, 0.2) is 34.6 Å². The van der Waals surface area contributed by atoms with Crippen molar-refractivity contribution < 1.29 is 34.0 Å². The number of azo groups is 1. The highest BCUT2D eigenvalue weighted by Gasteiger charge is 2.46. The number of nitrogens with zero attached hydrogens (tertiary/aromatic N) is 7. The van der Waals surface area contributed by atoms with Gasteiger partial charge in [0.05, 0.1) is 30.0 Å². The third-order valence-corrected chi connectivity index (χ3v) is 5.92. The zero-order valence-corrected chi connectivity index (χ0v) is 21.4. The number of carbonyl (C=O) groups excluding carboxylic acids is 1. The molecule has 1 unspecified atom stereocenters. The summed E-state index contributed by atoms with van der Waals surface area (Å²) in [5, 5.41) is 54.9. The van der Waals surface area contributed by atoms with Crippen LogP contribution in [0.3, 0.4) is 0 Å². The van der Waals surface area contributed by atoms with Crippen molar-refractivity contribution in [2.24, 2.45) is 10.2 Å². The minimum Gasteiger partial charge on any atom is -0.387 e. The largest absolute Gasteiger partial charge is 0.387 e. The molecule has 1 amide bonds. The Balaban J connectivity index is 1.70. The molecule has 1 aliphatic rings. The Morgan fingerprint density at radius 3 is 2.62 bits per heavy atom. The third-order valence-electron chi connectivity index (χ3n) is 5.92. The lowest BCUT2D eigenvalue weighted by molar-refractivity contribution is -0.289. The normalized spacial score (nSPS) is 17.8. The number of hydrogen-bond acceptors (Lipinski definition) is 12. The van der Waals surface area contributed by atoms with E-state index in [1.165, 1.54) is 10.7 Å². The number of rotatable bonds is 8. The van der Waals surface area contributed by atoms with Crippen LogP contribution >= 0.6 is 0 Å². The molecule has 39 heavy (non-hydrogen) atoms. The highest BCUT2D eigenvalue weighted by atomic mass is 19.3. The van der Waals surface area contributed by atoms with Crippen molar-refractivity contribution in [1.82, 2.24) is 24.5 Å². The van der Waals surface area contributed by atoms with Crippen LogP contribution in [0, 0.1) is 6.92 Å². The number of piperidine rings is 1. The Morgan fingerprint density at radius 2 is 2.00 bits per heavy atom. The molecule has 0 bridgehead atoms. The van der Waals surface area contributed by atoms with Crippen molar-refractivity contribution in [3.05, 3.63) is 30.1 Å². The Kier molecular flexibility index (Phi) is 7.74. The van der Waals surface area contributed by atoms with Crippen LogP contribution in [0.25, 0.3) is 16.8 Å². The highest BCUT2D eigenvalue weighted by Crippen LogP contribution is 2.33. The summed E-state index contributed by atoms with van der Waals surface area (Å²) in [6, 6.07) is 3.51. The number of likely N-dealkylation sites (tertiary alicyclic amines) is 1. The molecular weight excluding hydrogens is 520 g/mol. The summed E-state index contributed by atoms with van der Waals surface area (Å²) in [6.45, 7) is 3.71. The molecule has 3 aromatic heterocycles. The maximum atomic E-state index is 14.8. The van der Waals surface area contributed by atoms with Crippen LogP contribution in [-0.2, 0) is 4.79 Å². The molecule has 0 spiro atoms. The Morgan fingerprint density at radius 1 is 1.26 bits per heavy atom. The second kappa shape index (κ2) is 10.7. The molecule has 1 fully saturated rings. The van der Waals surface area contributed by atoms with Crippen molar-refractivity contribution >= 4 is 28.9 Å². The van der Waals surface area contributed by atoms with Crippen LogP contribution in [0.1, 0.15) is 26.0 Å². The summed E-state index contributed by atoms with van der Waals surface area (Å²) in [6.07, 6.45) is -2.08. The molecule has 14 nitrogen and oxygen atoms in total. The van der Waals surface area contributed by atoms with E-state index in [1.807, 2.05) is 19.2 Å². The zero-order chi connectivity index (χ0) is 28.5. The van der Waals surface area contributed by atoms with E-state index in [2.05, 4.69) is 30.6 Å². The number of anilines is 2. The van der Waals surface area contributed by atoms with Gasteiger partial charge in [-0.25, -0.2) is 13.3 Å². The van der Waals surface area contributed by atoms with E-state index in [1.54, 1.807) is 25.1 Å². The Bertz CT molecular complexity index is 1390. The maximum absolute atomic E-state index is 14.8. The molecule has 0 radical (unpaired) electrons. The number of carbonyl (C=O) groups is 1. The number of hydrogen-bond donors (Lipinski definition) is 6. The Hall–Kier alpha value is -3.86. The molecule has 4 heterocycles. The maximum Gasteiger partial charge on any atom is 0.368 e. The molecule has 1 atom stereocenters. The molecule has 6 N–H and O–H groups in total. The first-order valence-corrected chi connectivity index (χ1v) is 12.0. The third kappa shape index (κ3) is 6.42. The van der Waals surface area contributed by atoms with Gasteiger partial charge in [0.2, 0.25) is 11.9 Å². The lowest BCUT2D eigenvalue weighted by Gasteiger charge is -2.38. The summed E-state index contributed by atoms with van der Waals surface area (Å²) in [7, 11) is 0. The van der Waals surface area contributed by atoms with Gasteiger partial charge in [-0.05, 0) is 45.4 Å². The predicted molar refractivity (Wildman–Crippen MR) is 134 cm³/mol. The van der Waals surface area contributed by atoms with Gasteiger partial charge in [0.25, 0.3) is 5.92 Å². The quantitative estimate of drug-likeness (QED) is 0.176. The van der Waals surface area contributed by atoms with Crippen LogP contribution < -0.4 is 10.6 Å². The zero-order valence-electron chi connectivity index (χ0n) is 21.4. The fourth-order valence-corrected chi connectivity index (χ4v) is 4.11. The van der Waals surface area contributed by atoms with Crippen molar-refractivity contribution in [2.75, 3.05) is 30.3 Å². The predicted octanol–water partition coefficient (Wildman–Crippen LogP) is 1.23. The first kappa shape index (κ1) is 28.2. The molecule has 0 saturated carbocycles. The van der Waals surface area contributed by atoms with E-state index >= 15 is 0 Å². The van der Waals surface area contributed by atoms with E-state index in [4.69, 9.17) is 5.11 Å². The van der Waals surface area contributed by atoms with Gasteiger partial charge in [0, 0.05) is 18.3 Å². The van der Waals surface area contributed by atoms with Gasteiger partial charge in [-0.2, -0.15) is 15.2 Å². The van der Waals surface area contributed by atoms with E-state index in [9.17, 15) is 28.9 Å². The second-order valence-electron chi connectivity index (χ2n) is 9.40. The molecule has 4 rings (SSSR count). The number of aryl methyl sites for hydroxylation is 1. The van der Waals surface area contributed by atoms with Gasteiger partial charge < -0.3 is 30.6 Å². The summed E-state index contributed by atoms with van der Waals surface area (Å²) < 4.78 is 30.9. The summed E-state index contributed by atoms with van der Waals surface area (Å²) in [5.41, 5.74) is 2.17. The Labute approximate surface area is 221 Å². The molecule has 16 heteroatoms. The number of aliphatic hydroxyl groups is 4. The standard InChI is InChI=1S/C23H29F2N9O5/c1-12(2)30-31-15-4-5-16(26-13(15)3)14-6-9-34-19(14)20(29-23(37,38)39)28-21(32-34)27-17-7-8-33(18(36)10-35)11-22(17,24)25/h4-6,9,12,17,35,37-39H,7-8,10-11H2,1-3H3,(H2,27,28,29,32). The number of aliphatic hydroxyl groups excluding tert-OH is 1. The topological polar surface area (TPSA) is 193 Å². The average molecular weight is 550 g/mol. The van der Waals surface area contributed by atoms with Crippen LogP contribution in [0.4, 0.5) is 26.2 Å². The van der Waals surface area contributed by atoms with E-state index < -0.39 is 37.1 Å². The second-order valence-corrected chi connectivity index (χ2v) is 9.40. The molecular formula is C23H29F2N9O5. The van der Waals surface area contributed by atoms with E-state index in [0.29, 0.717) is 22.6 Å². The smallest absolute Gasteiger partial charge is 0.368 e. The number of nitrogens with one attached hydrogen (secondary N) is 2. The number of alkyl halides is 2. The fourth-order valence-electron chi connectivity index (χ4n) is 4.11. The van der Waals surface area contributed by atoms with Crippen molar-refractivity contribution in [1.29, 1.82) is 0 Å². The first-order chi connectivity index (χ1) is 18.3. The monoisotopic (exact) mass is 549 g/mol. The number of aromatic nitrogens is 4. The molecule has 0 aromatic carbocycles. The van der Waals surface area contributed by atoms with E-state index in [-0.39, 0.29) is 36.3 Å². The molecule has 210 valence electrons. The molecule has 1 aliphatic heterocycles. The molecule has 1 saturated heterocycles. The van der Waals surface area contributed by atoms with Gasteiger partial charge in [0.1, 0.15) is 17.8 Å².